The monoisotopic (exact) mass is 290 g/mol. The van der Waals surface area contributed by atoms with E-state index in [4.69, 9.17) is 9.47 Å². The van der Waals surface area contributed by atoms with Crippen molar-refractivity contribution in [1.82, 2.24) is 0 Å². The van der Waals surface area contributed by atoms with E-state index in [9.17, 15) is 0 Å². The van der Waals surface area contributed by atoms with Crippen LogP contribution in [-0.2, 0) is 9.47 Å². The van der Waals surface area contributed by atoms with Gasteiger partial charge in [-0.3, -0.25) is 0 Å². The van der Waals surface area contributed by atoms with E-state index in [2.05, 4.69) is 19.1 Å². The van der Waals surface area contributed by atoms with Gasteiger partial charge in [0.2, 0.25) is 0 Å². The molecule has 1 heterocycles. The fraction of sp³-hybridized carbons (Fsp3) is 0.684. The van der Waals surface area contributed by atoms with Gasteiger partial charge in [0.25, 0.3) is 0 Å². The summed E-state index contributed by atoms with van der Waals surface area (Å²) in [4.78, 5) is 0. The highest BCUT2D eigenvalue weighted by Gasteiger charge is 2.26. The van der Waals surface area contributed by atoms with Crippen molar-refractivity contribution in [3.63, 3.8) is 0 Å². The molecule has 2 unspecified atom stereocenters. The van der Waals surface area contributed by atoms with Crippen molar-refractivity contribution >= 4 is 0 Å². The van der Waals surface area contributed by atoms with Crippen LogP contribution in [0.2, 0.25) is 0 Å². The molecule has 2 heteroatoms. The molecule has 0 aliphatic carbocycles. The number of benzene rings is 1. The Bertz CT molecular complexity index is 363. The first-order valence-electron chi connectivity index (χ1n) is 8.72. The van der Waals surface area contributed by atoms with Gasteiger partial charge in [-0.2, -0.15) is 0 Å². The molecule has 2 rings (SSSR count). The molecule has 1 saturated heterocycles. The first-order chi connectivity index (χ1) is 10.4. The lowest BCUT2D eigenvalue weighted by Gasteiger charge is -2.11. The van der Waals surface area contributed by atoms with Crippen LogP contribution in [0.4, 0.5) is 0 Å². The second-order valence-electron chi connectivity index (χ2n) is 6.10. The van der Waals surface area contributed by atoms with Gasteiger partial charge in [0.1, 0.15) is 0 Å². The third-order valence-electron chi connectivity index (χ3n) is 4.20. The van der Waals surface area contributed by atoms with Crippen LogP contribution < -0.4 is 0 Å². The van der Waals surface area contributed by atoms with Gasteiger partial charge < -0.3 is 9.47 Å². The summed E-state index contributed by atoms with van der Waals surface area (Å²) in [7, 11) is 0. The summed E-state index contributed by atoms with van der Waals surface area (Å²) >= 11 is 0. The summed E-state index contributed by atoms with van der Waals surface area (Å²) in [5.41, 5.74) is 1.14. The smallest absolute Gasteiger partial charge is 0.184 e. The molecule has 0 saturated carbocycles. The fourth-order valence-electron chi connectivity index (χ4n) is 2.89. The zero-order chi connectivity index (χ0) is 14.8. The van der Waals surface area contributed by atoms with Gasteiger partial charge in [0.15, 0.2) is 6.29 Å². The minimum absolute atomic E-state index is 0.148. The number of hydrogen-bond donors (Lipinski definition) is 0. The van der Waals surface area contributed by atoms with Crippen molar-refractivity contribution in [2.75, 3.05) is 6.61 Å². The second kappa shape index (κ2) is 9.97. The Morgan fingerprint density at radius 3 is 2.29 bits per heavy atom. The highest BCUT2D eigenvalue weighted by Crippen LogP contribution is 2.28. The molecular formula is C19H30O2. The number of hydrogen-bond acceptors (Lipinski definition) is 2. The average Bonchev–Trinajstić information content (AvgIpc) is 3.00. The predicted molar refractivity (Wildman–Crippen MR) is 87.2 cm³/mol. The Labute approximate surface area is 129 Å². The Morgan fingerprint density at radius 2 is 1.57 bits per heavy atom. The van der Waals surface area contributed by atoms with Gasteiger partial charge in [-0.25, -0.2) is 0 Å². The minimum Gasteiger partial charge on any atom is -0.346 e. The zero-order valence-electron chi connectivity index (χ0n) is 13.4. The summed E-state index contributed by atoms with van der Waals surface area (Å²) < 4.78 is 11.7. The van der Waals surface area contributed by atoms with Crippen LogP contribution in [0, 0.1) is 0 Å². The van der Waals surface area contributed by atoms with Crippen LogP contribution >= 0.6 is 0 Å². The largest absolute Gasteiger partial charge is 0.346 e. The van der Waals surface area contributed by atoms with E-state index in [0.717, 1.165) is 18.6 Å². The zero-order valence-corrected chi connectivity index (χ0v) is 13.4. The standard InChI is InChI=1S/C19H30O2/c1-2-3-4-5-6-7-8-12-15-18-16-20-19(21-18)17-13-10-9-11-14-17/h9-11,13-14,18-19H,2-8,12,15-16H2,1H3. The van der Waals surface area contributed by atoms with Gasteiger partial charge in [-0.15, -0.1) is 0 Å². The van der Waals surface area contributed by atoms with Gasteiger partial charge in [0.05, 0.1) is 12.7 Å². The minimum atomic E-state index is -0.148. The van der Waals surface area contributed by atoms with Gasteiger partial charge in [0, 0.05) is 5.56 Å². The maximum atomic E-state index is 5.98. The fourth-order valence-corrected chi connectivity index (χ4v) is 2.89. The molecule has 1 fully saturated rings. The van der Waals surface area contributed by atoms with Gasteiger partial charge >= 0.3 is 0 Å². The Balaban J connectivity index is 1.51. The first kappa shape index (κ1) is 16.5. The van der Waals surface area contributed by atoms with Crippen LogP contribution in [0.1, 0.15) is 76.6 Å². The van der Waals surface area contributed by atoms with E-state index in [0.29, 0.717) is 0 Å². The molecule has 1 aliphatic heterocycles. The summed E-state index contributed by atoms with van der Waals surface area (Å²) in [5.74, 6) is 0. The van der Waals surface area contributed by atoms with Crippen LogP contribution in [0.25, 0.3) is 0 Å². The summed E-state index contributed by atoms with van der Waals surface area (Å²) in [5, 5.41) is 0. The lowest BCUT2D eigenvalue weighted by Crippen LogP contribution is -2.09. The Kier molecular flexibility index (Phi) is 7.83. The van der Waals surface area contributed by atoms with Crippen LogP contribution in [0.3, 0.4) is 0 Å². The topological polar surface area (TPSA) is 18.5 Å². The lowest BCUT2D eigenvalue weighted by molar-refractivity contribution is -0.0613. The molecule has 0 N–H and O–H groups in total. The molecule has 0 bridgehead atoms. The quantitative estimate of drug-likeness (QED) is 0.520. The van der Waals surface area contributed by atoms with Crippen molar-refractivity contribution in [3.05, 3.63) is 35.9 Å². The number of unbranched alkanes of at least 4 members (excludes halogenated alkanes) is 7. The van der Waals surface area contributed by atoms with Crippen molar-refractivity contribution < 1.29 is 9.47 Å². The molecule has 1 aromatic carbocycles. The second-order valence-corrected chi connectivity index (χ2v) is 6.10. The lowest BCUT2D eigenvalue weighted by atomic mass is 10.1. The van der Waals surface area contributed by atoms with Crippen molar-refractivity contribution in [2.24, 2.45) is 0 Å². The van der Waals surface area contributed by atoms with Crippen molar-refractivity contribution in [2.45, 2.75) is 77.1 Å². The molecule has 21 heavy (non-hydrogen) atoms. The molecule has 118 valence electrons. The van der Waals surface area contributed by atoms with Crippen LogP contribution in [-0.4, -0.2) is 12.7 Å². The molecule has 0 aromatic heterocycles. The third kappa shape index (κ3) is 6.19. The van der Waals surface area contributed by atoms with E-state index in [1.54, 1.807) is 0 Å². The molecule has 1 aliphatic rings. The van der Waals surface area contributed by atoms with Crippen LogP contribution in [0.5, 0.6) is 0 Å². The van der Waals surface area contributed by atoms with E-state index in [1.165, 1.54) is 51.4 Å². The first-order valence-corrected chi connectivity index (χ1v) is 8.72. The summed E-state index contributed by atoms with van der Waals surface area (Å²) in [6, 6.07) is 10.2. The molecule has 1 aromatic rings. The van der Waals surface area contributed by atoms with Gasteiger partial charge in [-0.1, -0.05) is 88.6 Å². The van der Waals surface area contributed by atoms with E-state index in [-0.39, 0.29) is 12.4 Å². The normalized spacial score (nSPS) is 21.8. The molecule has 2 nitrogen and oxygen atoms in total. The molecular weight excluding hydrogens is 260 g/mol. The highest BCUT2D eigenvalue weighted by molar-refractivity contribution is 5.16. The summed E-state index contributed by atoms with van der Waals surface area (Å²) in [6.45, 7) is 3.02. The Hall–Kier alpha value is -0.860. The van der Waals surface area contributed by atoms with Crippen molar-refractivity contribution in [1.29, 1.82) is 0 Å². The average molecular weight is 290 g/mol. The van der Waals surface area contributed by atoms with E-state index < -0.39 is 0 Å². The molecule has 0 spiro atoms. The maximum Gasteiger partial charge on any atom is 0.184 e. The van der Waals surface area contributed by atoms with E-state index >= 15 is 0 Å². The van der Waals surface area contributed by atoms with Crippen LogP contribution in [0.15, 0.2) is 30.3 Å². The van der Waals surface area contributed by atoms with E-state index in [1.807, 2.05) is 18.2 Å². The number of rotatable bonds is 10. The predicted octanol–water partition coefficient (Wildman–Crippen LogP) is 5.63. The van der Waals surface area contributed by atoms with Crippen molar-refractivity contribution in [3.8, 4) is 0 Å². The molecule has 0 radical (unpaired) electrons. The molecule has 0 amide bonds. The number of ether oxygens (including phenoxy) is 2. The summed E-state index contributed by atoms with van der Waals surface area (Å²) in [6.07, 6.45) is 12.2. The van der Waals surface area contributed by atoms with Gasteiger partial charge in [-0.05, 0) is 6.42 Å². The third-order valence-corrected chi connectivity index (χ3v) is 4.20. The maximum absolute atomic E-state index is 5.98. The SMILES string of the molecule is CCCCCCCCCCC1COC(c2ccccc2)O1. The Morgan fingerprint density at radius 1 is 0.905 bits per heavy atom. The molecule has 2 atom stereocenters. The highest BCUT2D eigenvalue weighted by atomic mass is 16.7.